The molecule has 296 valence electrons. The van der Waals surface area contributed by atoms with Crippen LogP contribution < -0.4 is 47.7 Å². The normalized spacial score (nSPS) is 10.1. The van der Waals surface area contributed by atoms with Gasteiger partial charge < -0.3 is 10.5 Å². The Kier molecular flexibility index (Phi) is 19.6. The predicted octanol–water partition coefficient (Wildman–Crippen LogP) is 10.4. The van der Waals surface area contributed by atoms with Gasteiger partial charge in [0.2, 0.25) is 0 Å². The van der Waals surface area contributed by atoms with Crippen molar-refractivity contribution in [2.24, 2.45) is 0 Å². The van der Waals surface area contributed by atoms with Crippen LogP contribution in [0.5, 0.6) is 0 Å². The summed E-state index contributed by atoms with van der Waals surface area (Å²) >= 11 is 0. The van der Waals surface area contributed by atoms with Crippen molar-refractivity contribution in [3.63, 3.8) is 0 Å². The second-order valence-corrected chi connectivity index (χ2v) is 19.7. The number of nitroso groups, excluding NO2 is 1. The Bertz CT molecular complexity index is 1890. The van der Waals surface area contributed by atoms with Crippen LogP contribution in [0.1, 0.15) is 0 Å². The first-order valence-electron chi connectivity index (χ1n) is 19.4. The first-order chi connectivity index (χ1) is 29.3. The number of hydrogen-bond acceptors (Lipinski definition) is 1. The Morgan fingerprint density at radius 3 is 0.350 bits per heavy atom. The van der Waals surface area contributed by atoms with E-state index in [2.05, 4.69) is 273 Å². The molecular formula is C54H46NOP3Ru. The summed E-state index contributed by atoms with van der Waals surface area (Å²) in [6.07, 6.45) is 0. The van der Waals surface area contributed by atoms with Gasteiger partial charge in [0.1, 0.15) is 0 Å². The molecule has 0 aliphatic carbocycles. The summed E-state index contributed by atoms with van der Waals surface area (Å²) < 4.78 is 0. The van der Waals surface area contributed by atoms with E-state index >= 15 is 0 Å². The van der Waals surface area contributed by atoms with E-state index in [1.54, 1.807) is 0 Å². The molecule has 0 amide bonds. The van der Waals surface area contributed by atoms with Gasteiger partial charge >= 0.3 is 19.5 Å². The molecule has 0 aromatic heterocycles. The van der Waals surface area contributed by atoms with Crippen LogP contribution in [0.25, 0.3) is 5.59 Å². The molecule has 0 aliphatic heterocycles. The van der Waals surface area contributed by atoms with Crippen LogP contribution in [0.2, 0.25) is 0 Å². The molecule has 9 aromatic carbocycles. The number of benzene rings is 9. The molecule has 9 rings (SSSR count). The molecule has 9 aromatic rings. The summed E-state index contributed by atoms with van der Waals surface area (Å²) in [6, 6.07) is 97.0. The maximum Gasteiger partial charge on any atom is -0.0134 e. The second-order valence-electron chi connectivity index (χ2n) is 13.0. The van der Waals surface area contributed by atoms with Crippen LogP contribution in [0.4, 0.5) is 0 Å². The molecule has 0 N–H and O–H groups in total. The fraction of sp³-hybridized carbons (Fsp3) is 0. The van der Waals surface area contributed by atoms with Crippen molar-refractivity contribution in [2.45, 2.75) is 0 Å². The first kappa shape index (κ1) is 45.6. The van der Waals surface area contributed by atoms with Crippen molar-refractivity contribution in [1.82, 2.24) is 0 Å². The Labute approximate surface area is 372 Å². The summed E-state index contributed by atoms with van der Waals surface area (Å²) in [6.45, 7) is 0. The number of nitrogens with zero attached hydrogens (tertiary/aromatic N) is 1. The van der Waals surface area contributed by atoms with Gasteiger partial charge in [0.25, 0.3) is 0 Å². The van der Waals surface area contributed by atoms with Gasteiger partial charge in [-0.15, -0.1) is 0 Å². The van der Waals surface area contributed by atoms with Gasteiger partial charge in [0, 0.05) is 0 Å². The summed E-state index contributed by atoms with van der Waals surface area (Å²) in [5, 5.41) is 12.6. The second kappa shape index (κ2) is 25.9. The SMILES string of the molecule is [N-]=O.[RuH+].c1ccc(P(c2ccccc2)c2ccccc2)cc1.c1ccc(P(c2ccccc2)c2ccccc2)cc1.c1ccc(P(c2ccccc2)c2ccccc2)cc1. The first-order valence-corrected chi connectivity index (χ1v) is 23.4. The van der Waals surface area contributed by atoms with Crippen molar-refractivity contribution >= 4 is 71.5 Å². The van der Waals surface area contributed by atoms with Gasteiger partial charge in [-0.2, -0.15) is 0 Å². The van der Waals surface area contributed by atoms with Gasteiger partial charge in [0.05, 0.1) is 0 Å². The molecule has 0 saturated heterocycles. The number of hydrogen-bond donors (Lipinski definition) is 0. The van der Waals surface area contributed by atoms with E-state index in [9.17, 15) is 0 Å². The summed E-state index contributed by atoms with van der Waals surface area (Å²) in [5.41, 5.74) is 5.75. The molecule has 0 bridgehead atoms. The number of rotatable bonds is 9. The topological polar surface area (TPSA) is 39.4 Å². The zero-order valence-electron chi connectivity index (χ0n) is 33.1. The Morgan fingerprint density at radius 2 is 0.267 bits per heavy atom. The van der Waals surface area contributed by atoms with E-state index in [1.165, 1.54) is 47.7 Å². The maximum absolute atomic E-state index is 7.25. The quantitative estimate of drug-likeness (QED) is 0.105. The largest absolute Gasteiger partial charge is 0.0622 e. The molecule has 0 fully saturated rings. The van der Waals surface area contributed by atoms with E-state index in [-0.39, 0.29) is 19.5 Å². The van der Waals surface area contributed by atoms with Crippen molar-refractivity contribution in [3.05, 3.63) is 283 Å². The van der Waals surface area contributed by atoms with Gasteiger partial charge in [-0.05, 0) is 71.5 Å². The molecule has 1 radical (unpaired) electrons. The molecule has 0 atom stereocenters. The summed E-state index contributed by atoms with van der Waals surface area (Å²) in [5.74, 6) is 0. The van der Waals surface area contributed by atoms with E-state index in [1.807, 2.05) is 0 Å². The van der Waals surface area contributed by atoms with Gasteiger partial charge in [-0.1, -0.05) is 273 Å². The molecule has 2 nitrogen and oxygen atoms in total. The van der Waals surface area contributed by atoms with Crippen LogP contribution >= 0.6 is 23.8 Å². The Morgan fingerprint density at radius 1 is 0.183 bits per heavy atom. The third-order valence-electron chi connectivity index (χ3n) is 9.13. The van der Waals surface area contributed by atoms with Crippen LogP contribution in [-0.4, -0.2) is 0 Å². The molecule has 0 unspecified atom stereocenters. The smallest absolute Gasteiger partial charge is 0.0134 e. The molecule has 0 heterocycles. The third-order valence-corrected chi connectivity index (χ3v) is 16.5. The average molecular weight is 919 g/mol. The minimum Gasteiger partial charge on any atom is -0.0622 e. The van der Waals surface area contributed by atoms with Crippen molar-refractivity contribution in [2.75, 3.05) is 0 Å². The summed E-state index contributed by atoms with van der Waals surface area (Å²) in [4.78, 5) is 7.25. The van der Waals surface area contributed by atoms with Crippen LogP contribution in [0.3, 0.4) is 0 Å². The maximum atomic E-state index is 7.25. The molecule has 6 heteroatoms. The van der Waals surface area contributed by atoms with Gasteiger partial charge in [0.15, 0.2) is 0 Å². The molecule has 0 saturated carbocycles. The fourth-order valence-electron chi connectivity index (χ4n) is 6.54. The minimum atomic E-state index is -0.446. The van der Waals surface area contributed by atoms with E-state index < -0.39 is 23.8 Å². The van der Waals surface area contributed by atoms with Gasteiger partial charge in [-0.3, -0.25) is 0 Å². The zero-order valence-corrected chi connectivity index (χ0v) is 37.6. The fourth-order valence-corrected chi connectivity index (χ4v) is 13.5. The van der Waals surface area contributed by atoms with E-state index in [0.29, 0.717) is 0 Å². The van der Waals surface area contributed by atoms with Crippen molar-refractivity contribution in [1.29, 1.82) is 0 Å². The van der Waals surface area contributed by atoms with Gasteiger partial charge in [-0.25, -0.2) is 0 Å². The monoisotopic (exact) mass is 919 g/mol. The molecule has 0 spiro atoms. The van der Waals surface area contributed by atoms with Crippen LogP contribution in [-0.2, 0) is 19.5 Å². The van der Waals surface area contributed by atoms with Crippen LogP contribution in [0.15, 0.2) is 273 Å². The minimum absolute atomic E-state index is 0. The van der Waals surface area contributed by atoms with Crippen molar-refractivity contribution < 1.29 is 19.5 Å². The molecule has 0 aliphatic rings. The standard InChI is InChI=1S/3C18H15P.NO.Ru.H/c3*1-4-10-16(11-5-1)19(17-12-6-2-7-13-17)18-14-8-3-9-15-18;1-2;;/h3*1-15H;;;/q;;;-1;+1;. The predicted molar refractivity (Wildman–Crippen MR) is 264 cm³/mol. The summed E-state index contributed by atoms with van der Waals surface area (Å²) in [7, 11) is -1.34. The van der Waals surface area contributed by atoms with Crippen molar-refractivity contribution in [3.8, 4) is 0 Å². The van der Waals surface area contributed by atoms with Crippen LogP contribution in [0, 0.1) is 4.91 Å². The Balaban J connectivity index is 0.000000166. The third kappa shape index (κ3) is 13.2. The zero-order chi connectivity index (χ0) is 40.7. The molecular weight excluding hydrogens is 873 g/mol. The Hall–Kier alpha value is -5.51. The van der Waals surface area contributed by atoms with E-state index in [0.717, 1.165) is 0 Å². The van der Waals surface area contributed by atoms with E-state index in [4.69, 9.17) is 10.5 Å². The average Bonchev–Trinajstić information content (AvgIpc) is 3.34. The molecule has 60 heavy (non-hydrogen) atoms.